The highest BCUT2D eigenvalue weighted by atomic mass is 16.2. The van der Waals surface area contributed by atoms with Gasteiger partial charge in [0.25, 0.3) is 5.56 Å². The minimum absolute atomic E-state index is 0.115. The molecule has 0 bridgehead atoms. The van der Waals surface area contributed by atoms with E-state index in [0.29, 0.717) is 18.7 Å². The van der Waals surface area contributed by atoms with Crippen LogP contribution in [-0.4, -0.2) is 48.3 Å². The molecule has 4 rings (SSSR count). The number of nitrogens with zero attached hydrogens (tertiary/aromatic N) is 5. The maximum atomic E-state index is 12.1. The van der Waals surface area contributed by atoms with Crippen LogP contribution in [0, 0.1) is 0 Å². The van der Waals surface area contributed by atoms with Crippen molar-refractivity contribution in [3.8, 4) is 0 Å². The third kappa shape index (κ3) is 5.70. The first-order valence-corrected chi connectivity index (χ1v) is 10.6. The van der Waals surface area contributed by atoms with E-state index in [9.17, 15) is 14.4 Å². The van der Waals surface area contributed by atoms with E-state index < -0.39 is 11.2 Å². The van der Waals surface area contributed by atoms with Crippen LogP contribution in [0.3, 0.4) is 0 Å². The van der Waals surface area contributed by atoms with Gasteiger partial charge in [-0.3, -0.25) is 14.6 Å². The van der Waals surface area contributed by atoms with Gasteiger partial charge in [-0.2, -0.15) is 5.10 Å². The van der Waals surface area contributed by atoms with Gasteiger partial charge < -0.3 is 15.2 Å². The van der Waals surface area contributed by atoms with Crippen molar-refractivity contribution < 1.29 is 4.79 Å². The van der Waals surface area contributed by atoms with Gasteiger partial charge in [0.15, 0.2) is 5.65 Å². The lowest BCUT2D eigenvalue weighted by atomic mass is 10.1. The van der Waals surface area contributed by atoms with Crippen LogP contribution in [0.25, 0.3) is 11.0 Å². The van der Waals surface area contributed by atoms with Gasteiger partial charge in [0.2, 0.25) is 5.91 Å². The molecule has 4 aromatic rings. The Morgan fingerprint density at radius 2 is 1.88 bits per heavy atom. The second kappa shape index (κ2) is 10.4. The highest BCUT2D eigenvalue weighted by Crippen LogP contribution is 2.18. The SMILES string of the molecule is O=C(CCn1ccc(=O)[nH]c1=O)NCCn1ncc2c(NCCc3ccccc3)ncnc21. The molecule has 0 radical (unpaired) electrons. The van der Waals surface area contributed by atoms with Crippen LogP contribution in [0.1, 0.15) is 12.0 Å². The number of rotatable bonds is 10. The van der Waals surface area contributed by atoms with Crippen molar-refractivity contribution in [1.29, 1.82) is 0 Å². The number of nitrogens with one attached hydrogen (secondary N) is 3. The first kappa shape index (κ1) is 21.9. The van der Waals surface area contributed by atoms with Gasteiger partial charge in [-0.15, -0.1) is 0 Å². The van der Waals surface area contributed by atoms with Gasteiger partial charge in [0.1, 0.15) is 12.1 Å². The van der Waals surface area contributed by atoms with Gasteiger partial charge >= 0.3 is 5.69 Å². The quantitative estimate of drug-likeness (QED) is 0.322. The fourth-order valence-corrected chi connectivity index (χ4v) is 3.40. The van der Waals surface area contributed by atoms with Gasteiger partial charge in [0, 0.05) is 38.3 Å². The van der Waals surface area contributed by atoms with E-state index in [1.54, 1.807) is 10.9 Å². The lowest BCUT2D eigenvalue weighted by Crippen LogP contribution is -2.32. The Morgan fingerprint density at radius 1 is 1.03 bits per heavy atom. The molecule has 170 valence electrons. The van der Waals surface area contributed by atoms with Gasteiger partial charge in [0.05, 0.1) is 18.1 Å². The van der Waals surface area contributed by atoms with Crippen molar-refractivity contribution in [1.82, 2.24) is 34.6 Å². The molecule has 0 spiro atoms. The molecule has 0 aliphatic carbocycles. The second-order valence-corrected chi connectivity index (χ2v) is 7.39. The molecule has 3 heterocycles. The van der Waals surface area contributed by atoms with Gasteiger partial charge in [-0.05, 0) is 12.0 Å². The maximum absolute atomic E-state index is 12.1. The fraction of sp³-hybridized carbons (Fsp3) is 0.273. The topological polar surface area (TPSA) is 140 Å². The number of carbonyl (C=O) groups excluding carboxylic acids is 1. The molecule has 0 saturated heterocycles. The van der Waals surface area contributed by atoms with Crippen LogP contribution in [0.15, 0.2) is 64.7 Å². The van der Waals surface area contributed by atoms with Crippen molar-refractivity contribution >= 4 is 22.8 Å². The summed E-state index contributed by atoms with van der Waals surface area (Å²) < 4.78 is 3.00. The second-order valence-electron chi connectivity index (χ2n) is 7.39. The molecule has 0 unspecified atom stereocenters. The summed E-state index contributed by atoms with van der Waals surface area (Å²) in [6.45, 7) is 1.71. The first-order chi connectivity index (χ1) is 16.1. The molecule has 3 aromatic heterocycles. The number of anilines is 1. The maximum Gasteiger partial charge on any atom is 0.328 e. The van der Waals surface area contributed by atoms with Crippen LogP contribution in [0.5, 0.6) is 0 Å². The molecule has 1 aromatic carbocycles. The molecule has 3 N–H and O–H groups in total. The van der Waals surface area contributed by atoms with Crippen LogP contribution in [0.2, 0.25) is 0 Å². The average molecular weight is 448 g/mol. The minimum atomic E-state index is -0.536. The van der Waals surface area contributed by atoms with Gasteiger partial charge in [-0.25, -0.2) is 19.4 Å². The monoisotopic (exact) mass is 448 g/mol. The number of amides is 1. The molecule has 11 nitrogen and oxygen atoms in total. The lowest BCUT2D eigenvalue weighted by molar-refractivity contribution is -0.121. The summed E-state index contributed by atoms with van der Waals surface area (Å²) in [5.41, 5.74) is 0.921. The third-order valence-corrected chi connectivity index (χ3v) is 5.10. The molecular formula is C22H24N8O3. The third-order valence-electron chi connectivity index (χ3n) is 5.10. The zero-order chi connectivity index (χ0) is 23.0. The molecular weight excluding hydrogens is 424 g/mol. The van der Waals surface area contributed by atoms with E-state index in [4.69, 9.17) is 0 Å². The number of carbonyl (C=O) groups is 1. The molecule has 0 saturated carbocycles. The van der Waals surface area contributed by atoms with E-state index in [1.165, 1.54) is 28.7 Å². The van der Waals surface area contributed by atoms with E-state index in [0.717, 1.165) is 24.2 Å². The average Bonchev–Trinajstić information content (AvgIpc) is 3.23. The van der Waals surface area contributed by atoms with E-state index >= 15 is 0 Å². The summed E-state index contributed by atoms with van der Waals surface area (Å²) in [6, 6.07) is 11.4. The summed E-state index contributed by atoms with van der Waals surface area (Å²) in [7, 11) is 0. The van der Waals surface area contributed by atoms with Crippen LogP contribution in [-0.2, 0) is 24.3 Å². The van der Waals surface area contributed by atoms with Crippen LogP contribution in [0.4, 0.5) is 5.82 Å². The van der Waals surface area contributed by atoms with Crippen LogP contribution < -0.4 is 21.9 Å². The number of fused-ring (bicyclic) bond motifs is 1. The van der Waals surface area contributed by atoms with E-state index in [2.05, 4.69) is 42.8 Å². The zero-order valence-electron chi connectivity index (χ0n) is 17.9. The smallest absolute Gasteiger partial charge is 0.328 e. The highest BCUT2D eigenvalue weighted by molar-refractivity contribution is 5.86. The van der Waals surface area contributed by atoms with Crippen molar-refractivity contribution in [3.63, 3.8) is 0 Å². The van der Waals surface area contributed by atoms with Gasteiger partial charge in [-0.1, -0.05) is 30.3 Å². The first-order valence-electron chi connectivity index (χ1n) is 10.6. The lowest BCUT2D eigenvalue weighted by Gasteiger charge is -2.08. The Labute approximate surface area is 188 Å². The van der Waals surface area contributed by atoms with E-state index in [1.807, 2.05) is 18.2 Å². The Hall–Kier alpha value is -4.28. The predicted molar refractivity (Wildman–Crippen MR) is 123 cm³/mol. The largest absolute Gasteiger partial charge is 0.369 e. The number of aromatic amines is 1. The predicted octanol–water partition coefficient (Wildman–Crippen LogP) is 0.537. The summed E-state index contributed by atoms with van der Waals surface area (Å²) in [5, 5.41) is 11.3. The number of benzene rings is 1. The zero-order valence-corrected chi connectivity index (χ0v) is 17.9. The van der Waals surface area contributed by atoms with Crippen molar-refractivity contribution in [2.45, 2.75) is 25.9 Å². The Morgan fingerprint density at radius 3 is 2.70 bits per heavy atom. The Bertz CT molecular complexity index is 1340. The number of hydrogen-bond donors (Lipinski definition) is 3. The normalized spacial score (nSPS) is 10.9. The molecule has 0 aliphatic rings. The molecule has 1 amide bonds. The molecule has 33 heavy (non-hydrogen) atoms. The number of hydrogen-bond acceptors (Lipinski definition) is 7. The number of H-pyrrole nitrogens is 1. The summed E-state index contributed by atoms with van der Waals surface area (Å²) >= 11 is 0. The summed E-state index contributed by atoms with van der Waals surface area (Å²) in [5.74, 6) is 0.514. The molecule has 11 heteroatoms. The fourth-order valence-electron chi connectivity index (χ4n) is 3.40. The summed E-state index contributed by atoms with van der Waals surface area (Å²) in [4.78, 5) is 45.7. The standard InChI is InChI=1S/C22H24N8O3/c31-18(7-11-29-12-8-19(32)28-22(29)33)23-10-13-30-21-17(14-27-30)20(25-15-26-21)24-9-6-16-4-2-1-3-5-16/h1-5,8,12,14-15H,6-7,9-11,13H2,(H,23,31)(H,24,25,26)(H,28,32,33). The van der Waals surface area contributed by atoms with Crippen molar-refractivity contribution in [2.24, 2.45) is 0 Å². The van der Waals surface area contributed by atoms with E-state index in [-0.39, 0.29) is 18.9 Å². The minimum Gasteiger partial charge on any atom is -0.369 e. The molecule has 0 fully saturated rings. The van der Waals surface area contributed by atoms with Crippen molar-refractivity contribution in [3.05, 3.63) is 81.5 Å². The summed E-state index contributed by atoms with van der Waals surface area (Å²) in [6.07, 6.45) is 5.56. The highest BCUT2D eigenvalue weighted by Gasteiger charge is 2.10. The van der Waals surface area contributed by atoms with Crippen LogP contribution >= 0.6 is 0 Å². The number of aryl methyl sites for hydroxylation is 1. The van der Waals surface area contributed by atoms with Crippen molar-refractivity contribution in [2.75, 3.05) is 18.4 Å². The molecule has 0 atom stereocenters. The molecule has 0 aliphatic heterocycles. The number of aromatic nitrogens is 6. The Kier molecular flexibility index (Phi) is 6.88. The Balaban J connectivity index is 1.28.